The molecule has 1 aliphatic heterocycles. The summed E-state index contributed by atoms with van der Waals surface area (Å²) in [6, 6.07) is 6.59. The molecule has 2 heteroatoms. The minimum absolute atomic E-state index is 0.838. The van der Waals surface area contributed by atoms with Crippen LogP contribution in [0.5, 0.6) is 0 Å². The fourth-order valence-electron chi connectivity index (χ4n) is 3.26. The molecule has 0 bridgehead atoms. The third-order valence-corrected chi connectivity index (χ3v) is 4.47. The predicted molar refractivity (Wildman–Crippen MR) is 95.5 cm³/mol. The minimum Gasteiger partial charge on any atom is -0.371 e. The van der Waals surface area contributed by atoms with Crippen molar-refractivity contribution in [3.8, 4) is 0 Å². The Bertz CT molecular complexity index is 492. The van der Waals surface area contributed by atoms with Crippen LogP contribution in [0.15, 0.2) is 24.3 Å². The second-order valence-corrected chi connectivity index (χ2v) is 6.24. The van der Waals surface area contributed by atoms with Crippen LogP contribution >= 0.6 is 0 Å². The first kappa shape index (κ1) is 16.8. The SMILES string of the molecule is CCCCCCCCN1CCCc2cc(/C=C/C=O)ccc21. The molecule has 0 radical (unpaired) electrons. The van der Waals surface area contributed by atoms with Gasteiger partial charge in [0.2, 0.25) is 0 Å². The number of carbonyl (C=O) groups is 1. The van der Waals surface area contributed by atoms with E-state index in [0.29, 0.717) is 0 Å². The van der Waals surface area contributed by atoms with Gasteiger partial charge < -0.3 is 4.90 Å². The topological polar surface area (TPSA) is 20.3 Å². The number of aldehydes is 1. The summed E-state index contributed by atoms with van der Waals surface area (Å²) in [5, 5.41) is 0. The molecule has 22 heavy (non-hydrogen) atoms. The highest BCUT2D eigenvalue weighted by molar-refractivity contribution is 5.74. The van der Waals surface area contributed by atoms with Crippen molar-refractivity contribution in [1.82, 2.24) is 0 Å². The number of rotatable bonds is 9. The highest BCUT2D eigenvalue weighted by atomic mass is 16.1. The zero-order valence-electron chi connectivity index (χ0n) is 13.9. The van der Waals surface area contributed by atoms with Gasteiger partial charge in [0.1, 0.15) is 6.29 Å². The second kappa shape index (κ2) is 9.45. The van der Waals surface area contributed by atoms with Crippen molar-refractivity contribution in [1.29, 1.82) is 0 Å². The van der Waals surface area contributed by atoms with Crippen LogP contribution in [-0.2, 0) is 11.2 Å². The summed E-state index contributed by atoms with van der Waals surface area (Å²) in [6.07, 6.45) is 14.8. The summed E-state index contributed by atoms with van der Waals surface area (Å²) >= 11 is 0. The van der Waals surface area contributed by atoms with Crippen molar-refractivity contribution in [2.24, 2.45) is 0 Å². The van der Waals surface area contributed by atoms with Gasteiger partial charge >= 0.3 is 0 Å². The highest BCUT2D eigenvalue weighted by Crippen LogP contribution is 2.28. The van der Waals surface area contributed by atoms with Gasteiger partial charge in [-0.05, 0) is 48.6 Å². The molecule has 1 aromatic carbocycles. The molecular weight excluding hydrogens is 270 g/mol. The van der Waals surface area contributed by atoms with Gasteiger partial charge in [0.25, 0.3) is 0 Å². The smallest absolute Gasteiger partial charge is 0.142 e. The first-order chi connectivity index (χ1) is 10.8. The maximum Gasteiger partial charge on any atom is 0.142 e. The Hall–Kier alpha value is -1.57. The number of allylic oxidation sites excluding steroid dienone is 1. The molecule has 0 N–H and O–H groups in total. The van der Waals surface area contributed by atoms with Crippen molar-refractivity contribution in [2.75, 3.05) is 18.0 Å². The molecule has 0 spiro atoms. The number of aryl methyl sites for hydroxylation is 1. The normalized spacial score (nSPS) is 14.3. The van der Waals surface area contributed by atoms with Crippen LogP contribution in [0.2, 0.25) is 0 Å². The average Bonchev–Trinajstić information content (AvgIpc) is 2.56. The minimum atomic E-state index is 0.838. The number of unbranched alkanes of at least 4 members (excludes halogenated alkanes) is 5. The summed E-state index contributed by atoms with van der Waals surface area (Å²) in [7, 11) is 0. The number of nitrogens with zero attached hydrogens (tertiary/aromatic N) is 1. The van der Waals surface area contributed by atoms with E-state index in [1.165, 1.54) is 69.3 Å². The molecule has 2 nitrogen and oxygen atoms in total. The first-order valence-corrected chi connectivity index (χ1v) is 8.85. The van der Waals surface area contributed by atoms with Crippen molar-refractivity contribution in [3.05, 3.63) is 35.4 Å². The molecule has 0 aliphatic carbocycles. The van der Waals surface area contributed by atoms with Crippen molar-refractivity contribution in [2.45, 2.75) is 58.3 Å². The van der Waals surface area contributed by atoms with Crippen LogP contribution in [0.1, 0.15) is 63.0 Å². The van der Waals surface area contributed by atoms with E-state index in [0.717, 1.165) is 18.3 Å². The van der Waals surface area contributed by atoms with E-state index in [1.54, 1.807) is 6.08 Å². The third-order valence-electron chi connectivity index (χ3n) is 4.47. The molecule has 0 saturated carbocycles. The van der Waals surface area contributed by atoms with E-state index < -0.39 is 0 Å². The Morgan fingerprint density at radius 2 is 1.95 bits per heavy atom. The summed E-state index contributed by atoms with van der Waals surface area (Å²) in [5.41, 5.74) is 3.97. The second-order valence-electron chi connectivity index (χ2n) is 6.24. The van der Waals surface area contributed by atoms with Gasteiger partial charge in [0.05, 0.1) is 0 Å². The fourth-order valence-corrected chi connectivity index (χ4v) is 3.26. The van der Waals surface area contributed by atoms with E-state index >= 15 is 0 Å². The maximum atomic E-state index is 10.4. The summed E-state index contributed by atoms with van der Waals surface area (Å²) in [6.45, 7) is 4.64. The lowest BCUT2D eigenvalue weighted by atomic mass is 9.98. The van der Waals surface area contributed by atoms with Crippen LogP contribution in [0.3, 0.4) is 0 Å². The molecule has 1 aromatic rings. The highest BCUT2D eigenvalue weighted by Gasteiger charge is 2.16. The van der Waals surface area contributed by atoms with E-state index in [4.69, 9.17) is 0 Å². The Morgan fingerprint density at radius 3 is 2.77 bits per heavy atom. The maximum absolute atomic E-state index is 10.4. The molecule has 120 valence electrons. The van der Waals surface area contributed by atoms with Gasteiger partial charge in [-0.2, -0.15) is 0 Å². The van der Waals surface area contributed by atoms with Gasteiger partial charge in [0.15, 0.2) is 0 Å². The van der Waals surface area contributed by atoms with Crippen LogP contribution in [0.25, 0.3) is 6.08 Å². The molecule has 0 unspecified atom stereocenters. The number of benzene rings is 1. The summed E-state index contributed by atoms with van der Waals surface area (Å²) in [5.74, 6) is 0. The molecule has 0 saturated heterocycles. The number of anilines is 1. The van der Waals surface area contributed by atoms with E-state index in [1.807, 2.05) is 6.08 Å². The quantitative estimate of drug-likeness (QED) is 0.363. The zero-order chi connectivity index (χ0) is 15.6. The molecule has 0 amide bonds. The molecule has 1 heterocycles. The Morgan fingerprint density at radius 1 is 1.14 bits per heavy atom. The Balaban J connectivity index is 1.88. The molecule has 0 fully saturated rings. The Labute approximate surface area is 135 Å². The van der Waals surface area contributed by atoms with Gasteiger partial charge in [-0.3, -0.25) is 4.79 Å². The van der Waals surface area contributed by atoms with Gasteiger partial charge in [-0.1, -0.05) is 51.2 Å². The zero-order valence-corrected chi connectivity index (χ0v) is 13.9. The first-order valence-electron chi connectivity index (χ1n) is 8.85. The van der Waals surface area contributed by atoms with Crippen LogP contribution < -0.4 is 4.90 Å². The largest absolute Gasteiger partial charge is 0.371 e. The van der Waals surface area contributed by atoms with Crippen LogP contribution in [0.4, 0.5) is 5.69 Å². The number of hydrogen-bond acceptors (Lipinski definition) is 2. The van der Waals surface area contributed by atoms with E-state index in [9.17, 15) is 4.79 Å². The van der Waals surface area contributed by atoms with E-state index in [2.05, 4.69) is 30.0 Å². The number of fused-ring (bicyclic) bond motifs is 1. The van der Waals surface area contributed by atoms with E-state index in [-0.39, 0.29) is 0 Å². The summed E-state index contributed by atoms with van der Waals surface area (Å²) in [4.78, 5) is 13.0. The van der Waals surface area contributed by atoms with Gasteiger partial charge in [-0.25, -0.2) is 0 Å². The molecule has 2 rings (SSSR count). The number of carbonyl (C=O) groups excluding carboxylic acids is 1. The predicted octanol–water partition coefficient (Wildman–Crippen LogP) is 5.01. The average molecular weight is 299 g/mol. The Kier molecular flexibility index (Phi) is 7.21. The monoisotopic (exact) mass is 299 g/mol. The van der Waals surface area contributed by atoms with Crippen molar-refractivity contribution < 1.29 is 4.79 Å². The molecule has 1 aliphatic rings. The van der Waals surface area contributed by atoms with Crippen molar-refractivity contribution in [3.63, 3.8) is 0 Å². The van der Waals surface area contributed by atoms with Crippen molar-refractivity contribution >= 4 is 18.0 Å². The molecular formula is C20H29NO. The standard InChI is InChI=1S/C20H29NO/c1-2-3-4-5-6-7-14-21-15-8-11-19-17-18(10-9-16-22)12-13-20(19)21/h9-10,12-13,16-17H,2-8,11,14-15H2,1H3/b10-9+. The number of hydrogen-bond donors (Lipinski definition) is 0. The van der Waals surface area contributed by atoms with Crippen LogP contribution in [0, 0.1) is 0 Å². The molecule has 0 aromatic heterocycles. The van der Waals surface area contributed by atoms with Crippen LogP contribution in [-0.4, -0.2) is 19.4 Å². The lowest BCUT2D eigenvalue weighted by molar-refractivity contribution is -0.104. The van der Waals surface area contributed by atoms with Gasteiger partial charge in [0, 0.05) is 18.8 Å². The lowest BCUT2D eigenvalue weighted by Crippen LogP contribution is -2.30. The fraction of sp³-hybridized carbons (Fsp3) is 0.550. The third kappa shape index (κ3) is 5.01. The summed E-state index contributed by atoms with van der Waals surface area (Å²) < 4.78 is 0. The lowest BCUT2D eigenvalue weighted by Gasteiger charge is -2.31. The van der Waals surface area contributed by atoms with Gasteiger partial charge in [-0.15, -0.1) is 0 Å². The molecule has 0 atom stereocenters.